The number of cyclic esters (lactones) is 1. The van der Waals surface area contributed by atoms with Crippen LogP contribution in [0.5, 0.6) is 0 Å². The van der Waals surface area contributed by atoms with Crippen molar-refractivity contribution in [3.8, 4) is 0 Å². The summed E-state index contributed by atoms with van der Waals surface area (Å²) in [7, 11) is 0. The first-order valence-corrected chi connectivity index (χ1v) is 10.0. The van der Waals surface area contributed by atoms with Crippen molar-refractivity contribution >= 4 is 58.4 Å². The van der Waals surface area contributed by atoms with Crippen LogP contribution in [0.1, 0.15) is 9.67 Å². The van der Waals surface area contributed by atoms with Crippen molar-refractivity contribution in [2.75, 3.05) is 36.1 Å². The third-order valence-corrected chi connectivity index (χ3v) is 5.66. The van der Waals surface area contributed by atoms with Gasteiger partial charge in [0.25, 0.3) is 11.8 Å². The monoisotopic (exact) mass is 433 g/mol. The van der Waals surface area contributed by atoms with E-state index in [1.54, 1.807) is 41.3 Å². The Labute approximate surface area is 175 Å². The maximum absolute atomic E-state index is 12.2. The van der Waals surface area contributed by atoms with Gasteiger partial charge in [0, 0.05) is 17.9 Å². The van der Waals surface area contributed by atoms with Crippen molar-refractivity contribution in [2.45, 2.75) is 6.10 Å². The van der Waals surface area contributed by atoms with Crippen LogP contribution >= 0.6 is 22.9 Å². The molecule has 150 valence electrons. The average molecular weight is 434 g/mol. The number of rotatable bonds is 4. The Morgan fingerprint density at radius 2 is 1.86 bits per heavy atom. The zero-order valence-electron chi connectivity index (χ0n) is 15.1. The highest BCUT2D eigenvalue weighted by atomic mass is 35.5. The molecule has 3 amide bonds. The average Bonchev–Trinajstić information content (AvgIpc) is 3.32. The van der Waals surface area contributed by atoms with Crippen molar-refractivity contribution in [3.05, 3.63) is 45.6 Å². The molecule has 0 spiro atoms. The number of halogens is 1. The van der Waals surface area contributed by atoms with E-state index in [1.807, 2.05) is 0 Å². The summed E-state index contributed by atoms with van der Waals surface area (Å²) in [6, 6.07) is 10.3. The second kappa shape index (κ2) is 8.32. The fraction of sp³-hybridized carbons (Fsp3) is 0.263. The molecule has 1 atom stereocenters. The first-order chi connectivity index (χ1) is 14.0. The number of hydrogen-bond donors (Lipinski definition) is 0. The van der Waals surface area contributed by atoms with Crippen LogP contribution in [-0.2, 0) is 14.3 Å². The van der Waals surface area contributed by atoms with Crippen LogP contribution in [0.4, 0.5) is 16.2 Å². The van der Waals surface area contributed by atoms with Crippen molar-refractivity contribution in [1.29, 1.82) is 0 Å². The first kappa shape index (κ1) is 19.6. The smallest absolute Gasteiger partial charge is 0.415 e. The molecule has 1 aromatic carbocycles. The summed E-state index contributed by atoms with van der Waals surface area (Å²) in [5, 5.41) is 0. The van der Waals surface area contributed by atoms with E-state index in [-0.39, 0.29) is 19.1 Å². The molecular weight excluding hydrogens is 418 g/mol. The van der Waals surface area contributed by atoms with Gasteiger partial charge in [0.15, 0.2) is 6.10 Å². The number of ether oxygens (including phenoxy) is 2. The van der Waals surface area contributed by atoms with Crippen LogP contribution in [-0.4, -0.2) is 56.5 Å². The fourth-order valence-corrected chi connectivity index (χ4v) is 3.96. The van der Waals surface area contributed by atoms with E-state index >= 15 is 0 Å². The van der Waals surface area contributed by atoms with Gasteiger partial charge in [-0.3, -0.25) is 14.5 Å². The van der Waals surface area contributed by atoms with Crippen LogP contribution in [0, 0.1) is 0 Å². The normalized spacial score (nSPS) is 19.8. The molecule has 0 unspecified atom stereocenters. The van der Waals surface area contributed by atoms with Gasteiger partial charge in [-0.1, -0.05) is 11.6 Å². The van der Waals surface area contributed by atoms with Gasteiger partial charge in [0.05, 0.1) is 28.6 Å². The fourth-order valence-electron chi connectivity index (χ4n) is 3.02. The van der Waals surface area contributed by atoms with E-state index in [0.717, 1.165) is 17.0 Å². The third kappa shape index (κ3) is 4.31. The second-order valence-corrected chi connectivity index (χ2v) is 8.05. The van der Waals surface area contributed by atoms with Gasteiger partial charge in [0.1, 0.15) is 6.61 Å². The van der Waals surface area contributed by atoms with E-state index in [4.69, 9.17) is 21.1 Å². The zero-order chi connectivity index (χ0) is 20.4. The molecule has 0 N–H and O–H groups in total. The molecule has 2 aliphatic rings. The number of anilines is 2. The highest BCUT2D eigenvalue weighted by Gasteiger charge is 2.32. The number of nitrogens with zero attached hydrogens (tertiary/aromatic N) is 3. The molecule has 10 heteroatoms. The first-order valence-electron chi connectivity index (χ1n) is 8.81. The molecule has 8 nitrogen and oxygen atoms in total. The standard InChI is InChI=1S/C19H16ClN3O5S/c20-16-6-5-15(29-16)18(25)21-9-14-10-23(19(26)28-14)13-3-1-12(2-4-13)22-7-8-27-11-17(22)24/h1-6,9,14H,7-8,10-11H2/t14-/m0/s1. The summed E-state index contributed by atoms with van der Waals surface area (Å²) in [5.74, 6) is -0.534. The summed E-state index contributed by atoms with van der Waals surface area (Å²) in [4.78, 5) is 43.5. The van der Waals surface area contributed by atoms with E-state index in [9.17, 15) is 14.4 Å². The maximum Gasteiger partial charge on any atom is 0.415 e. The summed E-state index contributed by atoms with van der Waals surface area (Å²) in [6.45, 7) is 1.28. The molecule has 2 fully saturated rings. The van der Waals surface area contributed by atoms with Crippen molar-refractivity contribution in [1.82, 2.24) is 0 Å². The van der Waals surface area contributed by atoms with Gasteiger partial charge in [-0.15, -0.1) is 11.3 Å². The van der Waals surface area contributed by atoms with Crippen LogP contribution in [0.25, 0.3) is 0 Å². The molecule has 2 saturated heterocycles. The Balaban J connectivity index is 1.40. The van der Waals surface area contributed by atoms with Crippen LogP contribution in [0.2, 0.25) is 4.34 Å². The Morgan fingerprint density at radius 1 is 1.14 bits per heavy atom. The lowest BCUT2D eigenvalue weighted by molar-refractivity contribution is -0.125. The lowest BCUT2D eigenvalue weighted by Crippen LogP contribution is -2.41. The Morgan fingerprint density at radius 3 is 2.52 bits per heavy atom. The van der Waals surface area contributed by atoms with Crippen LogP contribution in [0.3, 0.4) is 0 Å². The largest absolute Gasteiger partial charge is 0.438 e. The minimum atomic E-state index is -0.637. The van der Waals surface area contributed by atoms with E-state index < -0.39 is 18.1 Å². The SMILES string of the molecule is O=C(N=C[C@H]1CN(c2ccc(N3CCOCC3=O)cc2)C(=O)O1)c1ccc(Cl)s1. The predicted molar refractivity (Wildman–Crippen MR) is 109 cm³/mol. The predicted octanol–water partition coefficient (Wildman–Crippen LogP) is 3.00. The lowest BCUT2D eigenvalue weighted by atomic mass is 10.2. The minimum absolute atomic E-state index is 0.0671. The highest BCUT2D eigenvalue weighted by Crippen LogP contribution is 2.26. The van der Waals surface area contributed by atoms with Gasteiger partial charge in [-0.25, -0.2) is 9.79 Å². The maximum atomic E-state index is 12.2. The summed E-state index contributed by atoms with van der Waals surface area (Å²) in [6.07, 6.45) is 0.167. The quantitative estimate of drug-likeness (QED) is 0.691. The molecule has 29 heavy (non-hydrogen) atoms. The number of thiophene rings is 1. The van der Waals surface area contributed by atoms with Crippen molar-refractivity contribution in [2.24, 2.45) is 4.99 Å². The van der Waals surface area contributed by atoms with Crippen molar-refractivity contribution < 1.29 is 23.9 Å². The van der Waals surface area contributed by atoms with Crippen LogP contribution < -0.4 is 9.80 Å². The van der Waals surface area contributed by atoms with Gasteiger partial charge in [-0.05, 0) is 36.4 Å². The number of hydrogen-bond acceptors (Lipinski definition) is 6. The highest BCUT2D eigenvalue weighted by molar-refractivity contribution is 7.18. The third-order valence-electron chi connectivity index (χ3n) is 4.44. The topological polar surface area (TPSA) is 88.5 Å². The Kier molecular flexibility index (Phi) is 5.61. The number of benzene rings is 1. The number of morpholine rings is 1. The molecular formula is C19H16ClN3O5S. The molecule has 4 rings (SSSR count). The summed E-state index contributed by atoms with van der Waals surface area (Å²) in [5.41, 5.74) is 1.37. The number of carbonyl (C=O) groups excluding carboxylic acids is 3. The van der Waals surface area contributed by atoms with Crippen LogP contribution in [0.15, 0.2) is 41.4 Å². The molecule has 0 bridgehead atoms. The number of amides is 3. The summed E-state index contributed by atoms with van der Waals surface area (Å²) < 4.78 is 10.9. The van der Waals surface area contributed by atoms with Gasteiger partial charge < -0.3 is 14.4 Å². The second-order valence-electron chi connectivity index (χ2n) is 6.33. The van der Waals surface area contributed by atoms with E-state index in [2.05, 4.69) is 4.99 Å². The van der Waals surface area contributed by atoms with Gasteiger partial charge >= 0.3 is 6.09 Å². The zero-order valence-corrected chi connectivity index (χ0v) is 16.7. The number of carbonyl (C=O) groups is 3. The minimum Gasteiger partial charge on any atom is -0.438 e. The summed E-state index contributed by atoms with van der Waals surface area (Å²) >= 11 is 6.95. The molecule has 1 aromatic heterocycles. The van der Waals surface area contributed by atoms with E-state index in [1.165, 1.54) is 11.1 Å². The van der Waals surface area contributed by atoms with E-state index in [0.29, 0.717) is 28.1 Å². The van der Waals surface area contributed by atoms with Crippen molar-refractivity contribution in [3.63, 3.8) is 0 Å². The molecule has 0 saturated carbocycles. The van der Waals surface area contributed by atoms with Gasteiger partial charge in [0.2, 0.25) is 0 Å². The van der Waals surface area contributed by atoms with Gasteiger partial charge in [-0.2, -0.15) is 0 Å². The number of aliphatic imine (C=N–C) groups is 1. The Bertz CT molecular complexity index is 974. The molecule has 2 aromatic rings. The molecule has 2 aliphatic heterocycles. The molecule has 0 radical (unpaired) electrons. The lowest BCUT2D eigenvalue weighted by Gasteiger charge is -2.27. The Hall–Kier alpha value is -2.75. The molecule has 3 heterocycles. The molecule has 0 aliphatic carbocycles.